The van der Waals surface area contributed by atoms with E-state index < -0.39 is 10.0 Å². The van der Waals surface area contributed by atoms with Crippen molar-refractivity contribution < 1.29 is 13.2 Å². The number of carbonyl (C=O) groups excluding carboxylic acids is 1. The number of likely N-dealkylation sites (N-methyl/N-ethyl adjacent to an activating group) is 1. The molecule has 1 heterocycles. The van der Waals surface area contributed by atoms with Gasteiger partial charge in [-0.15, -0.1) is 0 Å². The zero-order chi connectivity index (χ0) is 19.0. The van der Waals surface area contributed by atoms with Crippen LogP contribution in [0, 0.1) is 0 Å². The maximum atomic E-state index is 12.7. The summed E-state index contributed by atoms with van der Waals surface area (Å²) in [4.78, 5) is 13.7. The number of nitrogens with one attached hydrogen (secondary N) is 1. The molecule has 0 fully saturated rings. The number of nitrogens with zero attached hydrogens (tertiary/aromatic N) is 1. The van der Waals surface area contributed by atoms with Crippen LogP contribution in [0.15, 0.2) is 60.7 Å². The second kappa shape index (κ2) is 6.70. The minimum atomic E-state index is -3.58. The standard InChI is InChI=1S/C21H20N2O3S/c1-2-23-20-11-10-18(12-17(20)13-21(23)24)22-27(25,26)14-16-8-5-7-15-6-3-4-9-19(15)16/h3-12,22H,2,13-14H2,1H3. The van der Waals surface area contributed by atoms with Crippen LogP contribution in [0.4, 0.5) is 11.4 Å². The Morgan fingerprint density at radius 1 is 1.04 bits per heavy atom. The van der Waals surface area contributed by atoms with Gasteiger partial charge in [0.25, 0.3) is 0 Å². The predicted octanol–water partition coefficient (Wildman–Crippen LogP) is 3.69. The van der Waals surface area contributed by atoms with Gasteiger partial charge in [-0.1, -0.05) is 42.5 Å². The molecule has 138 valence electrons. The molecule has 3 aromatic carbocycles. The molecule has 0 unspecified atom stereocenters. The summed E-state index contributed by atoms with van der Waals surface area (Å²) >= 11 is 0. The first-order valence-electron chi connectivity index (χ1n) is 8.87. The van der Waals surface area contributed by atoms with Gasteiger partial charge in [-0.2, -0.15) is 0 Å². The van der Waals surface area contributed by atoms with Gasteiger partial charge in [0, 0.05) is 17.9 Å². The molecule has 27 heavy (non-hydrogen) atoms. The van der Waals surface area contributed by atoms with Crippen molar-refractivity contribution in [2.24, 2.45) is 0 Å². The van der Waals surface area contributed by atoms with Crippen LogP contribution in [0.25, 0.3) is 10.8 Å². The van der Waals surface area contributed by atoms with Crippen molar-refractivity contribution in [2.75, 3.05) is 16.2 Å². The lowest BCUT2D eigenvalue weighted by Crippen LogP contribution is -2.25. The Balaban J connectivity index is 1.59. The van der Waals surface area contributed by atoms with Crippen molar-refractivity contribution in [1.29, 1.82) is 0 Å². The monoisotopic (exact) mass is 380 g/mol. The fourth-order valence-electron chi connectivity index (χ4n) is 3.63. The first-order valence-corrected chi connectivity index (χ1v) is 10.5. The highest BCUT2D eigenvalue weighted by molar-refractivity contribution is 7.91. The van der Waals surface area contributed by atoms with Crippen LogP contribution >= 0.6 is 0 Å². The van der Waals surface area contributed by atoms with Crippen LogP contribution in [-0.2, 0) is 27.0 Å². The summed E-state index contributed by atoms with van der Waals surface area (Å²) in [6.07, 6.45) is 0.308. The van der Waals surface area contributed by atoms with Crippen LogP contribution in [-0.4, -0.2) is 20.9 Å². The van der Waals surface area contributed by atoms with E-state index in [0.29, 0.717) is 18.7 Å². The lowest BCUT2D eigenvalue weighted by atomic mass is 10.1. The van der Waals surface area contributed by atoms with E-state index >= 15 is 0 Å². The minimum Gasteiger partial charge on any atom is -0.312 e. The number of hydrogen-bond donors (Lipinski definition) is 1. The van der Waals surface area contributed by atoms with E-state index in [4.69, 9.17) is 0 Å². The van der Waals surface area contributed by atoms with Crippen molar-refractivity contribution in [2.45, 2.75) is 19.1 Å². The summed E-state index contributed by atoms with van der Waals surface area (Å²) in [6, 6.07) is 18.7. The van der Waals surface area contributed by atoms with Crippen LogP contribution in [0.5, 0.6) is 0 Å². The first-order chi connectivity index (χ1) is 13.0. The van der Waals surface area contributed by atoms with Crippen LogP contribution in [0.3, 0.4) is 0 Å². The Kier molecular flexibility index (Phi) is 4.36. The third-order valence-electron chi connectivity index (χ3n) is 4.83. The molecule has 1 aliphatic heterocycles. The van der Waals surface area contributed by atoms with Gasteiger partial charge in [-0.3, -0.25) is 9.52 Å². The van der Waals surface area contributed by atoms with Gasteiger partial charge in [0.1, 0.15) is 0 Å². The molecule has 0 saturated heterocycles. The zero-order valence-electron chi connectivity index (χ0n) is 15.0. The van der Waals surface area contributed by atoms with Crippen molar-refractivity contribution in [1.82, 2.24) is 0 Å². The Bertz CT molecular complexity index is 1130. The molecule has 1 N–H and O–H groups in total. The highest BCUT2D eigenvalue weighted by Crippen LogP contribution is 2.31. The summed E-state index contributed by atoms with van der Waals surface area (Å²) in [5.74, 6) is -0.0610. The second-order valence-electron chi connectivity index (χ2n) is 6.66. The maximum Gasteiger partial charge on any atom is 0.236 e. The maximum absolute atomic E-state index is 12.7. The van der Waals surface area contributed by atoms with Crippen LogP contribution in [0.1, 0.15) is 18.1 Å². The number of benzene rings is 3. The number of carbonyl (C=O) groups is 1. The van der Waals surface area contributed by atoms with Gasteiger partial charge in [-0.05, 0) is 47.0 Å². The largest absolute Gasteiger partial charge is 0.312 e. The van der Waals surface area contributed by atoms with Gasteiger partial charge in [0.15, 0.2) is 0 Å². The van der Waals surface area contributed by atoms with E-state index in [0.717, 1.165) is 27.6 Å². The molecule has 0 radical (unpaired) electrons. The first kappa shape index (κ1) is 17.5. The van der Waals surface area contributed by atoms with Gasteiger partial charge >= 0.3 is 0 Å². The Hall–Kier alpha value is -2.86. The summed E-state index contributed by atoms with van der Waals surface area (Å²) in [5.41, 5.74) is 2.96. The molecule has 4 rings (SSSR count). The molecular formula is C21H20N2O3S. The molecule has 0 atom stereocenters. The molecule has 0 bridgehead atoms. The summed E-state index contributed by atoms with van der Waals surface area (Å²) in [6.45, 7) is 2.53. The molecule has 5 nitrogen and oxygen atoms in total. The average Bonchev–Trinajstić information content (AvgIpc) is 2.95. The van der Waals surface area contributed by atoms with Crippen molar-refractivity contribution in [3.05, 3.63) is 71.8 Å². The number of hydrogen-bond acceptors (Lipinski definition) is 3. The number of sulfonamides is 1. The predicted molar refractivity (Wildman–Crippen MR) is 108 cm³/mol. The molecular weight excluding hydrogens is 360 g/mol. The normalized spacial score (nSPS) is 13.8. The molecule has 1 amide bonds. The molecule has 0 aromatic heterocycles. The molecule has 0 aliphatic carbocycles. The van der Waals surface area contributed by atoms with Gasteiger partial charge in [0.05, 0.1) is 12.2 Å². The van der Waals surface area contributed by atoms with Crippen LogP contribution in [0.2, 0.25) is 0 Å². The van der Waals surface area contributed by atoms with Gasteiger partial charge in [-0.25, -0.2) is 8.42 Å². The SMILES string of the molecule is CCN1C(=O)Cc2cc(NS(=O)(=O)Cc3cccc4ccccc34)ccc21. The van der Waals surface area contributed by atoms with Gasteiger partial charge < -0.3 is 4.90 Å². The van der Waals surface area contributed by atoms with E-state index in [-0.39, 0.29) is 11.7 Å². The lowest BCUT2D eigenvalue weighted by Gasteiger charge is -2.15. The summed E-state index contributed by atoms with van der Waals surface area (Å²) < 4.78 is 28.1. The Labute approximate surface area is 158 Å². The third-order valence-corrected chi connectivity index (χ3v) is 6.07. The van der Waals surface area contributed by atoms with Crippen molar-refractivity contribution in [3.8, 4) is 0 Å². The molecule has 1 aliphatic rings. The Morgan fingerprint density at radius 2 is 1.81 bits per heavy atom. The number of amides is 1. The molecule has 6 heteroatoms. The summed E-state index contributed by atoms with van der Waals surface area (Å²) in [7, 11) is -3.58. The molecule has 0 saturated carbocycles. The number of rotatable bonds is 5. The highest BCUT2D eigenvalue weighted by Gasteiger charge is 2.26. The van der Waals surface area contributed by atoms with E-state index in [1.54, 1.807) is 23.1 Å². The highest BCUT2D eigenvalue weighted by atomic mass is 32.2. The average molecular weight is 380 g/mol. The zero-order valence-corrected chi connectivity index (χ0v) is 15.8. The molecule has 0 spiro atoms. The van der Waals surface area contributed by atoms with Gasteiger partial charge in [0.2, 0.25) is 15.9 Å². The Morgan fingerprint density at radius 3 is 2.63 bits per heavy atom. The third kappa shape index (κ3) is 3.40. The second-order valence-corrected chi connectivity index (χ2v) is 8.38. The van der Waals surface area contributed by atoms with Crippen molar-refractivity contribution >= 4 is 38.1 Å². The van der Waals surface area contributed by atoms with Crippen molar-refractivity contribution in [3.63, 3.8) is 0 Å². The minimum absolute atomic E-state index is 0.0447. The fourth-order valence-corrected chi connectivity index (χ4v) is 4.85. The van der Waals surface area contributed by atoms with E-state index in [9.17, 15) is 13.2 Å². The lowest BCUT2D eigenvalue weighted by molar-refractivity contribution is -0.117. The van der Waals surface area contributed by atoms with E-state index in [1.165, 1.54) is 0 Å². The van der Waals surface area contributed by atoms with E-state index in [2.05, 4.69) is 4.72 Å². The quantitative estimate of drug-likeness (QED) is 0.734. The number of fused-ring (bicyclic) bond motifs is 2. The number of anilines is 2. The molecule has 3 aromatic rings. The van der Waals surface area contributed by atoms with E-state index in [1.807, 2.05) is 49.4 Å². The smallest absolute Gasteiger partial charge is 0.236 e. The summed E-state index contributed by atoms with van der Waals surface area (Å²) in [5, 5.41) is 1.95. The fraction of sp³-hybridized carbons (Fsp3) is 0.190. The van der Waals surface area contributed by atoms with Crippen LogP contribution < -0.4 is 9.62 Å². The topological polar surface area (TPSA) is 66.5 Å².